The standard InChI is InChI=1S/C11H18N2O2.C8H10O/c1-5-8-15-13-11(14)10(9(2)3)6-7-12-4;1-6-3-4-7(2)8(9)5-6/h5-7,12H,1,8H2,2-4H3,(H,13,14);3-5,9H,1-2H3/b7-6-;. The van der Waals surface area contributed by atoms with Gasteiger partial charge in [-0.05, 0) is 57.2 Å². The Kier molecular flexibility index (Phi) is 10.7. The topological polar surface area (TPSA) is 70.6 Å². The summed E-state index contributed by atoms with van der Waals surface area (Å²) in [5.74, 6) is 0.123. The van der Waals surface area contributed by atoms with Crippen LogP contribution in [-0.4, -0.2) is 24.7 Å². The lowest BCUT2D eigenvalue weighted by Gasteiger charge is -2.06. The number of allylic oxidation sites excluding steroid dienone is 1. The Morgan fingerprint density at radius 1 is 1.33 bits per heavy atom. The summed E-state index contributed by atoms with van der Waals surface area (Å²) in [7, 11) is 1.77. The van der Waals surface area contributed by atoms with Crippen molar-refractivity contribution in [2.24, 2.45) is 0 Å². The molecule has 1 aromatic carbocycles. The summed E-state index contributed by atoms with van der Waals surface area (Å²) < 4.78 is 0. The van der Waals surface area contributed by atoms with Gasteiger partial charge in [0.1, 0.15) is 5.75 Å². The molecular formula is C19H28N2O3. The molecule has 1 rings (SSSR count). The fourth-order valence-corrected chi connectivity index (χ4v) is 1.58. The quantitative estimate of drug-likeness (QED) is 0.246. The fourth-order valence-electron chi connectivity index (χ4n) is 1.58. The molecule has 0 aliphatic heterocycles. The summed E-state index contributed by atoms with van der Waals surface area (Å²) in [5.41, 5.74) is 5.85. The van der Waals surface area contributed by atoms with E-state index in [0.717, 1.165) is 16.7 Å². The SMILES string of the molecule is C=CCONC(=O)C(/C=C\NC)=C(C)C.Cc1ccc(C)c(O)c1. The molecule has 0 unspecified atom stereocenters. The summed E-state index contributed by atoms with van der Waals surface area (Å²) in [6.45, 7) is 11.3. The van der Waals surface area contributed by atoms with Crippen LogP contribution < -0.4 is 10.8 Å². The number of carbonyl (C=O) groups is 1. The number of phenols is 1. The lowest BCUT2D eigenvalue weighted by Crippen LogP contribution is -2.25. The van der Waals surface area contributed by atoms with Gasteiger partial charge < -0.3 is 10.4 Å². The van der Waals surface area contributed by atoms with E-state index in [2.05, 4.69) is 17.4 Å². The van der Waals surface area contributed by atoms with Crippen molar-refractivity contribution in [2.45, 2.75) is 27.7 Å². The maximum atomic E-state index is 11.6. The lowest BCUT2D eigenvalue weighted by molar-refractivity contribution is -0.128. The van der Waals surface area contributed by atoms with Crippen molar-refractivity contribution in [3.8, 4) is 5.75 Å². The third-order valence-corrected chi connectivity index (χ3v) is 2.93. The first-order valence-corrected chi connectivity index (χ1v) is 7.64. The minimum atomic E-state index is -0.261. The molecular weight excluding hydrogens is 304 g/mol. The predicted octanol–water partition coefficient (Wildman–Crippen LogP) is 3.30. The summed E-state index contributed by atoms with van der Waals surface area (Å²) in [6.07, 6.45) is 4.95. The fraction of sp³-hybridized carbons (Fsp3) is 0.316. The van der Waals surface area contributed by atoms with Crippen LogP contribution >= 0.6 is 0 Å². The number of nitrogens with one attached hydrogen (secondary N) is 2. The number of phenolic OH excluding ortho intramolecular Hbond substituents is 1. The largest absolute Gasteiger partial charge is 0.508 e. The monoisotopic (exact) mass is 332 g/mol. The van der Waals surface area contributed by atoms with Crippen LogP contribution in [-0.2, 0) is 9.63 Å². The van der Waals surface area contributed by atoms with Crippen molar-refractivity contribution in [2.75, 3.05) is 13.7 Å². The Morgan fingerprint density at radius 2 is 2.00 bits per heavy atom. The number of carbonyl (C=O) groups excluding carboxylic acids is 1. The molecule has 0 saturated carbocycles. The van der Waals surface area contributed by atoms with Gasteiger partial charge in [0.2, 0.25) is 0 Å². The molecule has 1 amide bonds. The zero-order valence-electron chi connectivity index (χ0n) is 15.1. The number of rotatable bonds is 6. The van der Waals surface area contributed by atoms with Crippen LogP contribution in [0.25, 0.3) is 0 Å². The van der Waals surface area contributed by atoms with Gasteiger partial charge >= 0.3 is 0 Å². The van der Waals surface area contributed by atoms with Gasteiger partial charge in [-0.15, -0.1) is 6.58 Å². The summed E-state index contributed by atoms with van der Waals surface area (Å²) >= 11 is 0. The number of aromatic hydroxyl groups is 1. The molecule has 0 saturated heterocycles. The van der Waals surface area contributed by atoms with Gasteiger partial charge in [0.05, 0.1) is 6.61 Å². The maximum Gasteiger partial charge on any atom is 0.274 e. The average Bonchev–Trinajstić information content (AvgIpc) is 2.52. The van der Waals surface area contributed by atoms with Crippen LogP contribution in [0.2, 0.25) is 0 Å². The first kappa shape index (κ1) is 21.5. The number of hydroxylamine groups is 1. The van der Waals surface area contributed by atoms with E-state index in [-0.39, 0.29) is 12.5 Å². The highest BCUT2D eigenvalue weighted by Gasteiger charge is 2.07. The smallest absolute Gasteiger partial charge is 0.274 e. The minimum absolute atomic E-state index is 0.261. The van der Waals surface area contributed by atoms with E-state index >= 15 is 0 Å². The van der Waals surface area contributed by atoms with Gasteiger partial charge in [-0.2, -0.15) is 0 Å². The highest BCUT2D eigenvalue weighted by molar-refractivity contribution is 5.96. The highest BCUT2D eigenvalue weighted by Crippen LogP contribution is 2.15. The number of hydrogen-bond donors (Lipinski definition) is 3. The van der Waals surface area contributed by atoms with E-state index in [1.807, 2.05) is 39.8 Å². The molecule has 1 aromatic rings. The lowest BCUT2D eigenvalue weighted by atomic mass is 10.1. The summed E-state index contributed by atoms with van der Waals surface area (Å²) in [6, 6.07) is 5.65. The van der Waals surface area contributed by atoms with Crippen molar-refractivity contribution in [1.29, 1.82) is 0 Å². The maximum absolute atomic E-state index is 11.6. The normalized spacial score (nSPS) is 9.71. The van der Waals surface area contributed by atoms with Gasteiger partial charge in [-0.25, -0.2) is 5.48 Å². The molecule has 5 nitrogen and oxygen atoms in total. The van der Waals surface area contributed by atoms with Crippen LogP contribution in [0.15, 0.2) is 54.3 Å². The zero-order chi connectivity index (χ0) is 18.5. The molecule has 132 valence electrons. The van der Waals surface area contributed by atoms with Gasteiger partial charge in [0.15, 0.2) is 0 Å². The Morgan fingerprint density at radius 3 is 2.46 bits per heavy atom. The van der Waals surface area contributed by atoms with E-state index in [4.69, 9.17) is 9.94 Å². The number of aryl methyl sites for hydroxylation is 2. The van der Waals surface area contributed by atoms with Crippen molar-refractivity contribution < 1.29 is 14.7 Å². The number of benzene rings is 1. The number of amides is 1. The Labute approximate surface area is 144 Å². The van der Waals surface area contributed by atoms with Gasteiger partial charge in [-0.3, -0.25) is 9.63 Å². The molecule has 0 radical (unpaired) electrons. The average molecular weight is 332 g/mol. The molecule has 0 fully saturated rings. The zero-order valence-corrected chi connectivity index (χ0v) is 15.1. The second-order valence-corrected chi connectivity index (χ2v) is 5.36. The summed E-state index contributed by atoms with van der Waals surface area (Å²) in [4.78, 5) is 16.4. The second kappa shape index (κ2) is 12.0. The van der Waals surface area contributed by atoms with E-state index in [1.165, 1.54) is 0 Å². The molecule has 0 aliphatic carbocycles. The van der Waals surface area contributed by atoms with Gasteiger partial charge in [0.25, 0.3) is 5.91 Å². The number of hydrogen-bond acceptors (Lipinski definition) is 4. The molecule has 3 N–H and O–H groups in total. The van der Waals surface area contributed by atoms with E-state index in [9.17, 15) is 4.79 Å². The van der Waals surface area contributed by atoms with Gasteiger partial charge in [0, 0.05) is 12.6 Å². The minimum Gasteiger partial charge on any atom is -0.508 e. The van der Waals surface area contributed by atoms with Crippen LogP contribution in [0.3, 0.4) is 0 Å². The van der Waals surface area contributed by atoms with Crippen LogP contribution in [0.5, 0.6) is 5.75 Å². The third-order valence-electron chi connectivity index (χ3n) is 2.93. The van der Waals surface area contributed by atoms with Crippen LogP contribution in [0, 0.1) is 13.8 Å². The van der Waals surface area contributed by atoms with Crippen molar-refractivity contribution >= 4 is 5.91 Å². The van der Waals surface area contributed by atoms with Crippen molar-refractivity contribution in [3.05, 3.63) is 65.4 Å². The Bertz CT molecular complexity index is 601. The highest BCUT2D eigenvalue weighted by atomic mass is 16.6. The molecule has 0 spiro atoms. The molecule has 0 aliphatic rings. The van der Waals surface area contributed by atoms with Gasteiger partial charge in [-0.1, -0.05) is 23.8 Å². The van der Waals surface area contributed by atoms with Crippen molar-refractivity contribution in [1.82, 2.24) is 10.8 Å². The van der Waals surface area contributed by atoms with E-state index < -0.39 is 0 Å². The molecule has 24 heavy (non-hydrogen) atoms. The molecule has 0 heterocycles. The Balaban J connectivity index is 0.000000496. The molecule has 0 atom stereocenters. The van der Waals surface area contributed by atoms with Crippen molar-refractivity contribution in [3.63, 3.8) is 0 Å². The summed E-state index contributed by atoms with van der Waals surface area (Å²) in [5, 5.41) is 11.9. The molecule has 5 heteroatoms. The Hall–Kier alpha value is -2.53. The van der Waals surface area contributed by atoms with Crippen LogP contribution in [0.4, 0.5) is 0 Å². The molecule has 0 aromatic heterocycles. The second-order valence-electron chi connectivity index (χ2n) is 5.36. The van der Waals surface area contributed by atoms with E-state index in [1.54, 1.807) is 31.5 Å². The first-order chi connectivity index (χ1) is 11.3. The predicted molar refractivity (Wildman–Crippen MR) is 98.4 cm³/mol. The molecule has 0 bridgehead atoms. The van der Waals surface area contributed by atoms with E-state index in [0.29, 0.717) is 11.3 Å². The first-order valence-electron chi connectivity index (χ1n) is 7.64. The third kappa shape index (κ3) is 8.80. The van der Waals surface area contributed by atoms with Crippen LogP contribution in [0.1, 0.15) is 25.0 Å².